The van der Waals surface area contributed by atoms with Crippen molar-refractivity contribution in [3.63, 3.8) is 0 Å². The van der Waals surface area contributed by atoms with Crippen LogP contribution in [0.15, 0.2) is 56.1 Å². The van der Waals surface area contributed by atoms with Gasteiger partial charge in [-0.25, -0.2) is 0 Å². The number of hydrogen-bond donors (Lipinski definition) is 2. The van der Waals surface area contributed by atoms with E-state index in [-0.39, 0.29) is 30.8 Å². The van der Waals surface area contributed by atoms with Crippen molar-refractivity contribution in [2.24, 2.45) is 0 Å². The predicted octanol–water partition coefficient (Wildman–Crippen LogP) is 3.63. The van der Waals surface area contributed by atoms with Crippen molar-refractivity contribution in [1.82, 2.24) is 5.32 Å². The molecule has 0 spiro atoms. The molecule has 0 saturated heterocycles. The molecular formula is C21H18BrNO7. The zero-order valence-corrected chi connectivity index (χ0v) is 17.5. The molecule has 2 N–H and O–H groups in total. The highest BCUT2D eigenvalue weighted by Gasteiger charge is 2.16. The molecule has 1 aromatic heterocycles. The number of fused-ring (bicyclic) bond motifs is 1. The number of carboxylic acid groups (broad SMARTS) is 1. The number of para-hydroxylation sites is 1. The summed E-state index contributed by atoms with van der Waals surface area (Å²) in [7, 11) is 0. The highest BCUT2D eigenvalue weighted by molar-refractivity contribution is 9.10. The van der Waals surface area contributed by atoms with Crippen LogP contribution in [0, 0.1) is 6.92 Å². The molecule has 0 unspecified atom stereocenters. The van der Waals surface area contributed by atoms with Gasteiger partial charge in [0.15, 0.2) is 6.61 Å². The minimum atomic E-state index is -1.00. The molecule has 3 rings (SSSR count). The molecule has 2 aromatic carbocycles. The summed E-state index contributed by atoms with van der Waals surface area (Å²) >= 11 is 3.38. The predicted molar refractivity (Wildman–Crippen MR) is 112 cm³/mol. The molecule has 0 radical (unpaired) electrons. The first-order valence-corrected chi connectivity index (χ1v) is 9.75. The van der Waals surface area contributed by atoms with Gasteiger partial charge in [0.25, 0.3) is 5.91 Å². The molecule has 1 heterocycles. The van der Waals surface area contributed by atoms with Gasteiger partial charge in [-0.2, -0.15) is 0 Å². The van der Waals surface area contributed by atoms with Crippen molar-refractivity contribution in [1.29, 1.82) is 0 Å². The van der Waals surface area contributed by atoms with Crippen LogP contribution in [0.4, 0.5) is 0 Å². The van der Waals surface area contributed by atoms with Crippen molar-refractivity contribution in [3.05, 3.63) is 62.9 Å². The van der Waals surface area contributed by atoms with Crippen molar-refractivity contribution >= 4 is 38.8 Å². The number of aryl methyl sites for hydroxylation is 1. The third-order valence-corrected chi connectivity index (χ3v) is 4.72. The molecule has 0 aliphatic rings. The number of rotatable bonds is 8. The van der Waals surface area contributed by atoms with Crippen LogP contribution in [0.2, 0.25) is 0 Å². The van der Waals surface area contributed by atoms with Crippen molar-refractivity contribution in [2.45, 2.75) is 13.3 Å². The third-order valence-electron chi connectivity index (χ3n) is 4.07. The quantitative estimate of drug-likeness (QED) is 0.510. The number of carbonyl (C=O) groups is 2. The molecule has 9 heteroatoms. The maximum atomic E-state index is 12.9. The zero-order valence-electron chi connectivity index (χ0n) is 15.9. The van der Waals surface area contributed by atoms with E-state index < -0.39 is 11.9 Å². The van der Waals surface area contributed by atoms with Crippen LogP contribution in [-0.4, -0.2) is 30.1 Å². The first-order chi connectivity index (χ1) is 14.3. The van der Waals surface area contributed by atoms with E-state index in [4.69, 9.17) is 19.0 Å². The number of hydrogen-bond acceptors (Lipinski definition) is 6. The van der Waals surface area contributed by atoms with Gasteiger partial charge in [-0.3, -0.25) is 14.4 Å². The number of carboxylic acids is 1. The average Bonchev–Trinajstić information content (AvgIpc) is 2.70. The largest absolute Gasteiger partial charge is 0.484 e. The summed E-state index contributed by atoms with van der Waals surface area (Å²) in [5.74, 6) is -0.253. The highest BCUT2D eigenvalue weighted by atomic mass is 79.9. The number of nitrogens with one attached hydrogen (secondary N) is 1. The smallest absolute Gasteiger partial charge is 0.305 e. The van der Waals surface area contributed by atoms with Crippen LogP contribution in [-0.2, 0) is 9.59 Å². The Labute approximate surface area is 179 Å². The number of benzene rings is 2. The zero-order chi connectivity index (χ0) is 21.7. The van der Waals surface area contributed by atoms with E-state index >= 15 is 0 Å². The lowest BCUT2D eigenvalue weighted by molar-refractivity contribution is -0.137. The Balaban J connectivity index is 1.76. The van der Waals surface area contributed by atoms with Gasteiger partial charge in [0.05, 0.1) is 16.3 Å². The second-order valence-corrected chi connectivity index (χ2v) is 7.14. The van der Waals surface area contributed by atoms with E-state index in [1.54, 1.807) is 31.2 Å². The minimum absolute atomic E-state index is 0.0175. The Bertz CT molecular complexity index is 1160. The van der Waals surface area contributed by atoms with E-state index in [2.05, 4.69) is 21.2 Å². The van der Waals surface area contributed by atoms with Gasteiger partial charge >= 0.3 is 5.97 Å². The molecule has 1 amide bonds. The maximum absolute atomic E-state index is 12.9. The summed E-state index contributed by atoms with van der Waals surface area (Å²) in [6, 6.07) is 11.7. The summed E-state index contributed by atoms with van der Waals surface area (Å²) in [5.41, 5.74) is -0.0387. The van der Waals surface area contributed by atoms with Crippen molar-refractivity contribution in [2.75, 3.05) is 13.2 Å². The van der Waals surface area contributed by atoms with E-state index in [0.29, 0.717) is 32.7 Å². The van der Waals surface area contributed by atoms with Crippen LogP contribution in [0.3, 0.4) is 0 Å². The number of ether oxygens (including phenoxy) is 2. The van der Waals surface area contributed by atoms with Gasteiger partial charge in [0, 0.05) is 12.6 Å². The minimum Gasteiger partial charge on any atom is -0.484 e. The second kappa shape index (κ2) is 9.45. The number of halogens is 1. The van der Waals surface area contributed by atoms with Gasteiger partial charge in [-0.15, -0.1) is 0 Å². The topological polar surface area (TPSA) is 115 Å². The van der Waals surface area contributed by atoms with Crippen molar-refractivity contribution in [3.8, 4) is 17.2 Å². The SMILES string of the molecule is Cc1oc2cc(OCC(=O)NCCC(=O)O)ccc2c(=O)c1Oc1ccccc1Br. The molecule has 156 valence electrons. The molecule has 0 aliphatic heterocycles. The fourth-order valence-corrected chi connectivity index (χ4v) is 2.99. The fraction of sp³-hybridized carbons (Fsp3) is 0.190. The Hall–Kier alpha value is -3.33. The lowest BCUT2D eigenvalue weighted by Gasteiger charge is -2.11. The Morgan fingerprint density at radius 2 is 1.97 bits per heavy atom. The van der Waals surface area contributed by atoms with Crippen molar-refractivity contribution < 1.29 is 28.6 Å². The van der Waals surface area contributed by atoms with E-state index in [1.165, 1.54) is 12.1 Å². The van der Waals surface area contributed by atoms with Gasteiger partial charge in [-0.1, -0.05) is 12.1 Å². The molecule has 8 nitrogen and oxygen atoms in total. The summed E-state index contributed by atoms with van der Waals surface area (Å²) in [5, 5.41) is 11.3. The van der Waals surface area contributed by atoms with Gasteiger partial charge in [0.2, 0.25) is 11.2 Å². The van der Waals surface area contributed by atoms with Gasteiger partial charge < -0.3 is 24.3 Å². The highest BCUT2D eigenvalue weighted by Crippen LogP contribution is 2.31. The summed E-state index contributed by atoms with van der Waals surface area (Å²) in [4.78, 5) is 35.0. The first kappa shape index (κ1) is 21.4. The van der Waals surface area contributed by atoms with Gasteiger partial charge in [0.1, 0.15) is 22.8 Å². The standard InChI is InChI=1S/C21H18BrNO7/c1-12-21(30-16-5-3-2-4-15(16)22)20(27)14-7-6-13(10-17(14)29-12)28-11-18(24)23-9-8-19(25)26/h2-7,10H,8-9,11H2,1H3,(H,23,24)(H,25,26). The molecular weight excluding hydrogens is 458 g/mol. The summed E-state index contributed by atoms with van der Waals surface area (Å²) < 4.78 is 17.6. The Morgan fingerprint density at radius 1 is 1.20 bits per heavy atom. The molecule has 0 fully saturated rings. The van der Waals surface area contributed by atoms with Crippen LogP contribution in [0.5, 0.6) is 17.2 Å². The lowest BCUT2D eigenvalue weighted by atomic mass is 10.2. The lowest BCUT2D eigenvalue weighted by Crippen LogP contribution is -2.30. The monoisotopic (exact) mass is 475 g/mol. The molecule has 3 aromatic rings. The Kier molecular flexibility index (Phi) is 6.73. The van der Waals surface area contributed by atoms with Crippen LogP contribution in [0.1, 0.15) is 12.2 Å². The molecule has 0 bridgehead atoms. The normalized spacial score (nSPS) is 10.6. The Morgan fingerprint density at radius 3 is 2.70 bits per heavy atom. The summed E-state index contributed by atoms with van der Waals surface area (Å²) in [6.07, 6.45) is -0.171. The fourth-order valence-electron chi connectivity index (χ4n) is 2.62. The number of carbonyl (C=O) groups excluding carboxylic acids is 1. The molecule has 30 heavy (non-hydrogen) atoms. The molecule has 0 saturated carbocycles. The van der Waals surface area contributed by atoms with Gasteiger partial charge in [-0.05, 0) is 47.1 Å². The van der Waals surface area contributed by atoms with E-state index in [0.717, 1.165) is 0 Å². The average molecular weight is 476 g/mol. The van der Waals surface area contributed by atoms with Crippen LogP contribution in [0.25, 0.3) is 11.0 Å². The third kappa shape index (κ3) is 5.18. The first-order valence-electron chi connectivity index (χ1n) is 8.96. The molecule has 0 aliphatic carbocycles. The summed E-state index contributed by atoms with van der Waals surface area (Å²) in [6.45, 7) is 1.34. The van der Waals surface area contributed by atoms with E-state index in [9.17, 15) is 14.4 Å². The van der Waals surface area contributed by atoms with Crippen LogP contribution < -0.4 is 20.2 Å². The second-order valence-electron chi connectivity index (χ2n) is 6.29. The number of amides is 1. The molecule has 0 atom stereocenters. The van der Waals surface area contributed by atoms with E-state index in [1.807, 2.05) is 6.07 Å². The maximum Gasteiger partial charge on any atom is 0.305 e. The van der Waals surface area contributed by atoms with Crippen LogP contribution >= 0.6 is 15.9 Å². The number of aliphatic carboxylic acids is 1.